The summed E-state index contributed by atoms with van der Waals surface area (Å²) in [7, 11) is 0. The van der Waals surface area contributed by atoms with Crippen LogP contribution in [0.25, 0.3) is 5.65 Å². The average molecular weight is 296 g/mol. The molecule has 0 atom stereocenters. The van der Waals surface area contributed by atoms with E-state index < -0.39 is 17.4 Å². The Kier molecular flexibility index (Phi) is 3.43. The predicted octanol–water partition coefficient (Wildman–Crippen LogP) is 1.89. The second-order valence-corrected chi connectivity index (χ2v) is 5.39. The Balaban J connectivity index is 2.48. The highest BCUT2D eigenvalue weighted by molar-refractivity contribution is 6.33. The largest absolute Gasteiger partial charge is 0.480 e. The van der Waals surface area contributed by atoms with Crippen LogP contribution in [0.15, 0.2) is 18.3 Å². The second-order valence-electron chi connectivity index (χ2n) is 4.98. The predicted molar refractivity (Wildman–Crippen MR) is 74.1 cm³/mol. The first-order valence-corrected chi connectivity index (χ1v) is 6.31. The highest BCUT2D eigenvalue weighted by atomic mass is 35.5. The summed E-state index contributed by atoms with van der Waals surface area (Å²) in [6.07, 6.45) is 1.66. The minimum Gasteiger partial charge on any atom is -0.480 e. The fraction of sp³-hybridized carbons (Fsp3) is 0.308. The van der Waals surface area contributed by atoms with Crippen LogP contribution >= 0.6 is 11.6 Å². The highest BCUT2D eigenvalue weighted by Crippen LogP contribution is 2.20. The lowest BCUT2D eigenvalue weighted by atomic mass is 10.1. The molecule has 0 unspecified atom stereocenters. The van der Waals surface area contributed by atoms with Gasteiger partial charge in [-0.3, -0.25) is 9.20 Å². The number of carboxylic acid groups (broad SMARTS) is 1. The molecule has 2 aromatic rings. The van der Waals surface area contributed by atoms with Gasteiger partial charge in [-0.25, -0.2) is 9.78 Å². The number of carbonyl (C=O) groups is 2. The van der Waals surface area contributed by atoms with Gasteiger partial charge in [0.1, 0.15) is 11.2 Å². The van der Waals surface area contributed by atoms with Gasteiger partial charge in [-0.1, -0.05) is 11.6 Å². The van der Waals surface area contributed by atoms with E-state index in [9.17, 15) is 9.59 Å². The first-order chi connectivity index (χ1) is 9.24. The number of halogens is 1. The van der Waals surface area contributed by atoms with Crippen LogP contribution in [-0.4, -0.2) is 31.9 Å². The molecular weight excluding hydrogens is 282 g/mol. The molecule has 2 heterocycles. The number of imidazole rings is 1. The average Bonchev–Trinajstić information content (AvgIpc) is 2.66. The Morgan fingerprint density at radius 3 is 2.70 bits per heavy atom. The number of aryl methyl sites for hydroxylation is 1. The van der Waals surface area contributed by atoms with Gasteiger partial charge in [0.2, 0.25) is 0 Å². The maximum Gasteiger partial charge on any atom is 0.328 e. The van der Waals surface area contributed by atoms with Crippen molar-refractivity contribution < 1.29 is 14.7 Å². The topological polar surface area (TPSA) is 83.7 Å². The standard InChI is InChI=1S/C13H14ClN3O3/c1-7-9(11(18)16-13(2,3)12(19)20)17-6-4-5-8(14)10(17)15-7/h4-6H,1-3H3,(H,16,18)(H,19,20). The van der Waals surface area contributed by atoms with Crippen LogP contribution in [0.2, 0.25) is 5.02 Å². The van der Waals surface area contributed by atoms with E-state index in [2.05, 4.69) is 10.3 Å². The Hall–Kier alpha value is -2.08. The molecule has 0 radical (unpaired) electrons. The SMILES string of the molecule is Cc1nc2c(Cl)cccn2c1C(=O)NC(C)(C)C(=O)O. The molecule has 0 spiro atoms. The lowest BCUT2D eigenvalue weighted by Crippen LogP contribution is -2.50. The van der Waals surface area contributed by atoms with E-state index in [0.29, 0.717) is 16.4 Å². The molecule has 20 heavy (non-hydrogen) atoms. The summed E-state index contributed by atoms with van der Waals surface area (Å²) < 4.78 is 1.55. The van der Waals surface area contributed by atoms with E-state index in [1.54, 1.807) is 29.7 Å². The van der Waals surface area contributed by atoms with E-state index in [-0.39, 0.29) is 5.69 Å². The minimum atomic E-state index is -1.37. The van der Waals surface area contributed by atoms with Gasteiger partial charge in [0.15, 0.2) is 5.65 Å². The third kappa shape index (κ3) is 2.34. The quantitative estimate of drug-likeness (QED) is 0.905. The number of nitrogens with zero attached hydrogens (tertiary/aromatic N) is 2. The molecule has 0 aromatic carbocycles. The van der Waals surface area contributed by atoms with Crippen molar-refractivity contribution in [3.8, 4) is 0 Å². The molecule has 0 aliphatic rings. The number of carbonyl (C=O) groups excluding carboxylic acids is 1. The van der Waals surface area contributed by atoms with Crippen LogP contribution in [0.3, 0.4) is 0 Å². The maximum atomic E-state index is 12.3. The normalized spacial score (nSPS) is 11.6. The molecule has 1 amide bonds. The summed E-state index contributed by atoms with van der Waals surface area (Å²) in [5.41, 5.74) is -0.148. The van der Waals surface area contributed by atoms with Crippen molar-refractivity contribution in [3.63, 3.8) is 0 Å². The van der Waals surface area contributed by atoms with Crippen LogP contribution < -0.4 is 5.32 Å². The first-order valence-electron chi connectivity index (χ1n) is 5.93. The van der Waals surface area contributed by atoms with Crippen molar-refractivity contribution in [2.75, 3.05) is 0 Å². The zero-order valence-corrected chi connectivity index (χ0v) is 12.0. The molecule has 0 saturated carbocycles. The van der Waals surface area contributed by atoms with Crippen molar-refractivity contribution in [2.24, 2.45) is 0 Å². The monoisotopic (exact) mass is 295 g/mol. The fourth-order valence-electron chi connectivity index (χ4n) is 1.82. The van der Waals surface area contributed by atoms with Crippen molar-refractivity contribution in [1.29, 1.82) is 0 Å². The van der Waals surface area contributed by atoms with Crippen LogP contribution in [0.1, 0.15) is 30.0 Å². The third-order valence-electron chi connectivity index (χ3n) is 2.95. The zero-order chi connectivity index (χ0) is 15.1. The molecule has 0 aliphatic carbocycles. The molecule has 0 aliphatic heterocycles. The summed E-state index contributed by atoms with van der Waals surface area (Å²) in [5.74, 6) is -1.62. The Morgan fingerprint density at radius 1 is 1.45 bits per heavy atom. The molecule has 0 fully saturated rings. The number of amides is 1. The van der Waals surface area contributed by atoms with Gasteiger partial charge in [-0.05, 0) is 32.9 Å². The molecule has 7 heteroatoms. The highest BCUT2D eigenvalue weighted by Gasteiger charge is 2.31. The fourth-order valence-corrected chi connectivity index (χ4v) is 2.02. The van der Waals surface area contributed by atoms with E-state index in [1.807, 2.05) is 0 Å². The lowest BCUT2D eigenvalue weighted by Gasteiger charge is -2.20. The van der Waals surface area contributed by atoms with Crippen LogP contribution in [-0.2, 0) is 4.79 Å². The van der Waals surface area contributed by atoms with Crippen molar-refractivity contribution in [1.82, 2.24) is 14.7 Å². The summed E-state index contributed by atoms with van der Waals surface area (Å²) in [6.45, 7) is 4.50. The van der Waals surface area contributed by atoms with Gasteiger partial charge < -0.3 is 10.4 Å². The summed E-state index contributed by atoms with van der Waals surface area (Å²) in [6, 6.07) is 3.36. The van der Waals surface area contributed by atoms with E-state index in [4.69, 9.17) is 16.7 Å². The van der Waals surface area contributed by atoms with Crippen molar-refractivity contribution >= 4 is 29.1 Å². The Morgan fingerprint density at radius 2 is 2.10 bits per heavy atom. The maximum absolute atomic E-state index is 12.3. The molecule has 2 aromatic heterocycles. The number of rotatable bonds is 3. The zero-order valence-electron chi connectivity index (χ0n) is 11.3. The molecule has 2 N–H and O–H groups in total. The summed E-state index contributed by atoms with van der Waals surface area (Å²) in [5, 5.41) is 11.9. The number of nitrogens with one attached hydrogen (secondary N) is 1. The van der Waals surface area contributed by atoms with Gasteiger partial charge in [-0.15, -0.1) is 0 Å². The number of aliphatic carboxylic acids is 1. The van der Waals surface area contributed by atoms with Crippen LogP contribution in [0, 0.1) is 6.92 Å². The van der Waals surface area contributed by atoms with Gasteiger partial charge in [-0.2, -0.15) is 0 Å². The Bertz CT molecular complexity index is 706. The smallest absolute Gasteiger partial charge is 0.328 e. The lowest BCUT2D eigenvalue weighted by molar-refractivity contribution is -0.143. The summed E-state index contributed by atoms with van der Waals surface area (Å²) in [4.78, 5) is 27.6. The first kappa shape index (κ1) is 14.3. The van der Waals surface area contributed by atoms with Crippen molar-refractivity contribution in [2.45, 2.75) is 26.3 Å². The van der Waals surface area contributed by atoms with Gasteiger partial charge >= 0.3 is 5.97 Å². The van der Waals surface area contributed by atoms with Gasteiger partial charge in [0, 0.05) is 6.20 Å². The summed E-state index contributed by atoms with van der Waals surface area (Å²) >= 11 is 6.02. The molecular formula is C13H14ClN3O3. The number of hydrogen-bond acceptors (Lipinski definition) is 3. The number of fused-ring (bicyclic) bond motifs is 1. The number of aromatic nitrogens is 2. The van der Waals surface area contributed by atoms with Crippen LogP contribution in [0.5, 0.6) is 0 Å². The minimum absolute atomic E-state index is 0.275. The molecule has 6 nitrogen and oxygen atoms in total. The van der Waals surface area contributed by atoms with Crippen LogP contribution in [0.4, 0.5) is 0 Å². The number of carboxylic acids is 1. The molecule has 106 valence electrons. The third-order valence-corrected chi connectivity index (χ3v) is 3.25. The van der Waals surface area contributed by atoms with E-state index in [1.165, 1.54) is 13.8 Å². The number of pyridine rings is 1. The van der Waals surface area contributed by atoms with Crippen molar-refractivity contribution in [3.05, 3.63) is 34.7 Å². The molecule has 2 rings (SSSR count). The number of hydrogen-bond donors (Lipinski definition) is 2. The Labute approximate surface area is 120 Å². The molecule has 0 saturated heterocycles. The van der Waals surface area contributed by atoms with Gasteiger partial charge in [0.05, 0.1) is 10.7 Å². The second kappa shape index (κ2) is 4.79. The van der Waals surface area contributed by atoms with E-state index >= 15 is 0 Å². The van der Waals surface area contributed by atoms with Gasteiger partial charge in [0.25, 0.3) is 5.91 Å². The molecule has 0 bridgehead atoms. The van der Waals surface area contributed by atoms with E-state index in [0.717, 1.165) is 0 Å².